The predicted octanol–water partition coefficient (Wildman–Crippen LogP) is 3.71. The highest BCUT2D eigenvalue weighted by molar-refractivity contribution is 5.97. The van der Waals surface area contributed by atoms with Gasteiger partial charge in [-0.2, -0.15) is 5.26 Å². The molecule has 0 bridgehead atoms. The molecule has 1 N–H and O–H groups in total. The van der Waals surface area contributed by atoms with Crippen molar-refractivity contribution in [1.29, 1.82) is 5.26 Å². The second-order valence-corrected chi connectivity index (χ2v) is 7.32. The summed E-state index contributed by atoms with van der Waals surface area (Å²) in [5.74, 6) is 0.377. The van der Waals surface area contributed by atoms with Gasteiger partial charge in [-0.1, -0.05) is 60.7 Å². The first kappa shape index (κ1) is 19.7. The lowest BCUT2D eigenvalue weighted by molar-refractivity contribution is -0.117. The number of benzene rings is 2. The summed E-state index contributed by atoms with van der Waals surface area (Å²) < 4.78 is 0. The topological polar surface area (TPSA) is 56.1 Å². The van der Waals surface area contributed by atoms with Crippen molar-refractivity contribution < 1.29 is 4.79 Å². The first-order valence-corrected chi connectivity index (χ1v) is 9.96. The third kappa shape index (κ3) is 5.99. The monoisotopic (exact) mass is 373 g/mol. The van der Waals surface area contributed by atoms with Gasteiger partial charge in [0.25, 0.3) is 5.91 Å². The van der Waals surface area contributed by atoms with Gasteiger partial charge >= 0.3 is 0 Å². The Bertz CT molecular complexity index is 816. The van der Waals surface area contributed by atoms with E-state index in [2.05, 4.69) is 40.6 Å². The summed E-state index contributed by atoms with van der Waals surface area (Å²) in [7, 11) is 0. The second kappa shape index (κ2) is 10.3. The van der Waals surface area contributed by atoms with Gasteiger partial charge in [-0.15, -0.1) is 0 Å². The van der Waals surface area contributed by atoms with Crippen LogP contribution in [0.2, 0.25) is 0 Å². The van der Waals surface area contributed by atoms with E-state index in [1.807, 2.05) is 36.4 Å². The molecule has 1 heterocycles. The van der Waals surface area contributed by atoms with E-state index in [0.717, 1.165) is 38.8 Å². The predicted molar refractivity (Wildman–Crippen MR) is 111 cm³/mol. The molecular formula is C24H27N3O. The van der Waals surface area contributed by atoms with Gasteiger partial charge in [0, 0.05) is 25.8 Å². The molecule has 2 aromatic rings. The summed E-state index contributed by atoms with van der Waals surface area (Å²) in [5, 5.41) is 12.2. The SMILES string of the molecule is N#C/C(=C/N1CCC(Cc2ccccc2)CC1)C(=O)NCCc1ccccc1. The molecule has 28 heavy (non-hydrogen) atoms. The number of nitrogens with zero attached hydrogens (tertiary/aromatic N) is 2. The summed E-state index contributed by atoms with van der Waals surface area (Å²) >= 11 is 0. The number of nitrogens with one attached hydrogen (secondary N) is 1. The summed E-state index contributed by atoms with van der Waals surface area (Å²) in [6, 6.07) is 22.6. The smallest absolute Gasteiger partial charge is 0.263 e. The molecule has 1 aliphatic rings. The van der Waals surface area contributed by atoms with Gasteiger partial charge in [-0.25, -0.2) is 0 Å². The number of nitriles is 1. The molecule has 0 aliphatic carbocycles. The maximum absolute atomic E-state index is 12.3. The number of rotatable bonds is 7. The zero-order valence-corrected chi connectivity index (χ0v) is 16.2. The van der Waals surface area contributed by atoms with Gasteiger partial charge < -0.3 is 10.2 Å². The molecule has 1 aliphatic heterocycles. The Morgan fingerprint density at radius 1 is 1.04 bits per heavy atom. The Hall–Kier alpha value is -3.06. The molecule has 1 saturated heterocycles. The summed E-state index contributed by atoms with van der Waals surface area (Å²) in [4.78, 5) is 14.4. The minimum atomic E-state index is -0.287. The van der Waals surface area contributed by atoms with E-state index >= 15 is 0 Å². The molecule has 1 fully saturated rings. The number of likely N-dealkylation sites (tertiary alicyclic amines) is 1. The number of amides is 1. The van der Waals surface area contributed by atoms with Crippen molar-refractivity contribution in [1.82, 2.24) is 10.2 Å². The molecule has 0 spiro atoms. The van der Waals surface area contributed by atoms with Crippen LogP contribution < -0.4 is 5.32 Å². The molecule has 4 heteroatoms. The number of piperidine rings is 1. The minimum Gasteiger partial charge on any atom is -0.376 e. The number of hydrogen-bond donors (Lipinski definition) is 1. The van der Waals surface area contributed by atoms with Gasteiger partial charge in [0.05, 0.1) is 0 Å². The molecular weight excluding hydrogens is 346 g/mol. The number of hydrogen-bond acceptors (Lipinski definition) is 3. The van der Waals surface area contributed by atoms with Crippen molar-refractivity contribution >= 4 is 5.91 Å². The van der Waals surface area contributed by atoms with Crippen LogP contribution in [0.4, 0.5) is 0 Å². The van der Waals surface area contributed by atoms with Crippen LogP contribution >= 0.6 is 0 Å². The number of carbonyl (C=O) groups excluding carboxylic acids is 1. The molecule has 3 rings (SSSR count). The van der Waals surface area contributed by atoms with Crippen LogP contribution in [0.5, 0.6) is 0 Å². The lowest BCUT2D eigenvalue weighted by atomic mass is 9.90. The Balaban J connectivity index is 1.45. The van der Waals surface area contributed by atoms with E-state index in [1.165, 1.54) is 11.1 Å². The van der Waals surface area contributed by atoms with E-state index in [1.54, 1.807) is 6.20 Å². The fourth-order valence-corrected chi connectivity index (χ4v) is 3.61. The van der Waals surface area contributed by atoms with Gasteiger partial charge in [0.1, 0.15) is 11.6 Å². The van der Waals surface area contributed by atoms with Crippen LogP contribution in [0.1, 0.15) is 24.0 Å². The van der Waals surface area contributed by atoms with Crippen molar-refractivity contribution in [2.24, 2.45) is 5.92 Å². The molecule has 1 amide bonds. The standard InChI is InChI=1S/C24H27N3O/c25-18-23(24(28)26-14-11-20-7-3-1-4-8-20)19-27-15-12-22(13-16-27)17-21-9-5-2-6-10-21/h1-10,19,22H,11-17H2,(H,26,28)/b23-19-. The van der Waals surface area contributed by atoms with E-state index in [0.29, 0.717) is 12.5 Å². The molecule has 144 valence electrons. The second-order valence-electron chi connectivity index (χ2n) is 7.32. The fraction of sp³-hybridized carbons (Fsp3) is 0.333. The Labute approximate surface area is 167 Å². The maximum Gasteiger partial charge on any atom is 0.263 e. The van der Waals surface area contributed by atoms with Crippen LogP contribution in [0.25, 0.3) is 0 Å². The average molecular weight is 374 g/mol. The maximum atomic E-state index is 12.3. The van der Waals surface area contributed by atoms with Crippen molar-refractivity contribution in [3.63, 3.8) is 0 Å². The largest absolute Gasteiger partial charge is 0.376 e. The lowest BCUT2D eigenvalue weighted by Gasteiger charge is -2.31. The van der Waals surface area contributed by atoms with E-state index in [9.17, 15) is 10.1 Å². The molecule has 0 atom stereocenters. The highest BCUT2D eigenvalue weighted by atomic mass is 16.1. The highest BCUT2D eigenvalue weighted by Gasteiger charge is 2.19. The summed E-state index contributed by atoms with van der Waals surface area (Å²) in [6.45, 7) is 2.31. The van der Waals surface area contributed by atoms with Gasteiger partial charge in [0.2, 0.25) is 0 Å². The highest BCUT2D eigenvalue weighted by Crippen LogP contribution is 2.22. The van der Waals surface area contributed by atoms with Crippen LogP contribution in [-0.2, 0) is 17.6 Å². The molecule has 4 nitrogen and oxygen atoms in total. The van der Waals surface area contributed by atoms with Gasteiger partial charge in [-0.05, 0) is 42.7 Å². The van der Waals surface area contributed by atoms with Crippen LogP contribution in [0.3, 0.4) is 0 Å². The Morgan fingerprint density at radius 2 is 1.64 bits per heavy atom. The van der Waals surface area contributed by atoms with Crippen LogP contribution in [-0.4, -0.2) is 30.4 Å². The lowest BCUT2D eigenvalue weighted by Crippen LogP contribution is -2.33. The van der Waals surface area contributed by atoms with Gasteiger partial charge in [0.15, 0.2) is 0 Å². The third-order valence-electron chi connectivity index (χ3n) is 5.24. The van der Waals surface area contributed by atoms with Crippen LogP contribution in [0, 0.1) is 17.2 Å². The van der Waals surface area contributed by atoms with E-state index in [-0.39, 0.29) is 11.5 Å². The first-order valence-electron chi connectivity index (χ1n) is 9.96. The molecule has 0 saturated carbocycles. The summed E-state index contributed by atoms with van der Waals surface area (Å²) in [5.41, 5.74) is 2.74. The number of carbonyl (C=O) groups is 1. The van der Waals surface area contributed by atoms with E-state index in [4.69, 9.17) is 0 Å². The first-order chi connectivity index (χ1) is 13.7. The van der Waals surface area contributed by atoms with Crippen molar-refractivity contribution in [2.75, 3.05) is 19.6 Å². The average Bonchev–Trinajstić information content (AvgIpc) is 2.74. The zero-order valence-electron chi connectivity index (χ0n) is 16.2. The zero-order chi connectivity index (χ0) is 19.6. The quantitative estimate of drug-likeness (QED) is 0.595. The van der Waals surface area contributed by atoms with Crippen molar-refractivity contribution in [3.05, 3.63) is 83.6 Å². The van der Waals surface area contributed by atoms with Crippen molar-refractivity contribution in [3.8, 4) is 6.07 Å². The van der Waals surface area contributed by atoms with Gasteiger partial charge in [-0.3, -0.25) is 4.79 Å². The van der Waals surface area contributed by atoms with Crippen LogP contribution in [0.15, 0.2) is 72.4 Å². The molecule has 0 radical (unpaired) electrons. The van der Waals surface area contributed by atoms with Crippen molar-refractivity contribution in [2.45, 2.75) is 25.7 Å². The normalized spacial score (nSPS) is 15.1. The summed E-state index contributed by atoms with van der Waals surface area (Å²) in [6.07, 6.45) is 5.76. The molecule has 0 unspecified atom stereocenters. The Kier molecular flexibility index (Phi) is 7.26. The third-order valence-corrected chi connectivity index (χ3v) is 5.24. The minimum absolute atomic E-state index is 0.189. The molecule has 2 aromatic carbocycles. The fourth-order valence-electron chi connectivity index (χ4n) is 3.61. The van der Waals surface area contributed by atoms with E-state index < -0.39 is 0 Å². The molecule has 0 aromatic heterocycles. The Morgan fingerprint density at radius 3 is 2.25 bits per heavy atom.